The normalized spacial score (nSPS) is 14.7. The van der Waals surface area contributed by atoms with Gasteiger partial charge in [0.15, 0.2) is 5.78 Å². The van der Waals surface area contributed by atoms with Crippen molar-refractivity contribution in [2.75, 3.05) is 5.32 Å². The van der Waals surface area contributed by atoms with Gasteiger partial charge in [-0.2, -0.15) is 0 Å². The van der Waals surface area contributed by atoms with Gasteiger partial charge in [-0.05, 0) is 37.1 Å². The average Bonchev–Trinajstić information content (AvgIpc) is 2.79. The molecular weight excluding hydrogens is 274 g/mol. The Morgan fingerprint density at radius 1 is 1.00 bits per heavy atom. The first-order valence-electron chi connectivity index (χ1n) is 6.81. The Labute approximate surface area is 130 Å². The minimum absolute atomic E-state index is 0. The van der Waals surface area contributed by atoms with E-state index in [1.54, 1.807) is 6.07 Å². The molecule has 3 nitrogen and oxygen atoms in total. The molecule has 0 fully saturated rings. The number of hydrogen-bond acceptors (Lipinski definition) is 3. The molecule has 3 rings (SSSR count). The standard InChI is InChI=1S/C18H15NO2.CH4/c1-11-7-3-4-8-13(11)16(12(2)20)17-18(21)14-9-5-6-10-15(14)19-17;/h3-10,19H,1-2H3;1H4/b17-16+;. The molecule has 1 N–H and O–H groups in total. The first-order chi connectivity index (χ1) is 10.1. The summed E-state index contributed by atoms with van der Waals surface area (Å²) in [7, 11) is 0. The van der Waals surface area contributed by atoms with Gasteiger partial charge < -0.3 is 5.32 Å². The summed E-state index contributed by atoms with van der Waals surface area (Å²) in [5.74, 6) is -0.244. The van der Waals surface area contributed by atoms with Crippen LogP contribution in [0.4, 0.5) is 5.69 Å². The number of allylic oxidation sites excluding steroid dienone is 2. The Balaban J connectivity index is 0.00000176. The Morgan fingerprint density at radius 3 is 2.27 bits per heavy atom. The van der Waals surface area contributed by atoms with Crippen LogP contribution in [0.15, 0.2) is 54.2 Å². The third-order valence-electron chi connectivity index (χ3n) is 3.67. The van der Waals surface area contributed by atoms with Crippen molar-refractivity contribution in [2.45, 2.75) is 21.3 Å². The summed E-state index contributed by atoms with van der Waals surface area (Å²) in [5, 5.41) is 3.10. The van der Waals surface area contributed by atoms with Gasteiger partial charge in [-0.3, -0.25) is 9.59 Å². The van der Waals surface area contributed by atoms with Gasteiger partial charge in [-0.15, -0.1) is 0 Å². The third kappa shape index (κ3) is 2.46. The van der Waals surface area contributed by atoms with Crippen molar-refractivity contribution < 1.29 is 9.59 Å². The number of rotatable bonds is 2. The van der Waals surface area contributed by atoms with Crippen LogP contribution in [0.1, 0.15) is 35.8 Å². The Bertz CT molecular complexity index is 788. The number of hydrogen-bond donors (Lipinski definition) is 1. The summed E-state index contributed by atoms with van der Waals surface area (Å²) in [5.41, 5.74) is 3.96. The maximum Gasteiger partial charge on any atom is 0.212 e. The van der Waals surface area contributed by atoms with E-state index < -0.39 is 0 Å². The van der Waals surface area contributed by atoms with Gasteiger partial charge in [0.05, 0.1) is 11.3 Å². The summed E-state index contributed by atoms with van der Waals surface area (Å²) in [6, 6.07) is 14.9. The first-order valence-corrected chi connectivity index (χ1v) is 6.81. The number of aryl methyl sites for hydroxylation is 1. The summed E-state index contributed by atoms with van der Waals surface area (Å²) < 4.78 is 0. The topological polar surface area (TPSA) is 46.2 Å². The van der Waals surface area contributed by atoms with Crippen molar-refractivity contribution in [1.29, 1.82) is 0 Å². The van der Waals surface area contributed by atoms with Gasteiger partial charge in [0.2, 0.25) is 5.78 Å². The van der Waals surface area contributed by atoms with E-state index >= 15 is 0 Å². The lowest BCUT2D eigenvalue weighted by Crippen LogP contribution is -2.10. The number of carbonyl (C=O) groups is 2. The van der Waals surface area contributed by atoms with Crippen LogP contribution in [0.2, 0.25) is 0 Å². The summed E-state index contributed by atoms with van der Waals surface area (Å²) in [6.45, 7) is 3.43. The van der Waals surface area contributed by atoms with Gasteiger partial charge in [-0.1, -0.05) is 43.8 Å². The molecule has 1 heterocycles. The van der Waals surface area contributed by atoms with Crippen molar-refractivity contribution in [1.82, 2.24) is 0 Å². The van der Waals surface area contributed by atoms with Crippen LogP contribution in [0, 0.1) is 6.92 Å². The van der Waals surface area contributed by atoms with Crippen LogP contribution in [0.5, 0.6) is 0 Å². The number of carbonyl (C=O) groups excluding carboxylic acids is 2. The third-order valence-corrected chi connectivity index (χ3v) is 3.67. The predicted molar refractivity (Wildman–Crippen MR) is 89.9 cm³/mol. The zero-order valence-corrected chi connectivity index (χ0v) is 11.9. The van der Waals surface area contributed by atoms with E-state index in [9.17, 15) is 9.59 Å². The lowest BCUT2D eigenvalue weighted by atomic mass is 9.94. The van der Waals surface area contributed by atoms with E-state index in [0.29, 0.717) is 16.8 Å². The number of benzene rings is 2. The van der Waals surface area contributed by atoms with Crippen LogP contribution >= 0.6 is 0 Å². The predicted octanol–water partition coefficient (Wildman–Crippen LogP) is 4.24. The smallest absolute Gasteiger partial charge is 0.212 e. The molecule has 22 heavy (non-hydrogen) atoms. The van der Waals surface area contributed by atoms with Gasteiger partial charge in [0, 0.05) is 11.3 Å². The molecule has 0 saturated carbocycles. The monoisotopic (exact) mass is 293 g/mol. The minimum Gasteiger partial charge on any atom is -0.351 e. The molecule has 0 saturated heterocycles. The fraction of sp³-hybridized carbons (Fsp3) is 0.158. The molecule has 112 valence electrons. The van der Waals surface area contributed by atoms with Gasteiger partial charge in [0.1, 0.15) is 0 Å². The highest BCUT2D eigenvalue weighted by molar-refractivity contribution is 6.32. The molecule has 0 aromatic heterocycles. The zero-order chi connectivity index (χ0) is 15.0. The highest BCUT2D eigenvalue weighted by atomic mass is 16.1. The largest absolute Gasteiger partial charge is 0.351 e. The molecule has 1 aliphatic rings. The SMILES string of the molecule is C.CC(=O)/C(=C1\Nc2ccccc2C1=O)c1ccccc1C. The second-order valence-corrected chi connectivity index (χ2v) is 5.12. The van der Waals surface area contributed by atoms with Crippen LogP contribution in [-0.4, -0.2) is 11.6 Å². The van der Waals surface area contributed by atoms with E-state index in [0.717, 1.165) is 16.8 Å². The number of nitrogens with one attached hydrogen (secondary N) is 1. The lowest BCUT2D eigenvalue weighted by molar-refractivity contribution is -0.111. The fourth-order valence-electron chi connectivity index (χ4n) is 2.65. The second kappa shape index (κ2) is 5.98. The Morgan fingerprint density at radius 2 is 1.64 bits per heavy atom. The fourth-order valence-corrected chi connectivity index (χ4v) is 2.65. The average molecular weight is 293 g/mol. The Hall–Kier alpha value is -2.68. The van der Waals surface area contributed by atoms with Crippen molar-refractivity contribution in [3.63, 3.8) is 0 Å². The van der Waals surface area contributed by atoms with Crippen LogP contribution in [0.25, 0.3) is 5.57 Å². The number of Topliss-reactive ketones (excluding diaryl/α,β-unsaturated/α-hetero) is 2. The molecule has 0 unspecified atom stereocenters. The lowest BCUT2D eigenvalue weighted by Gasteiger charge is -2.11. The van der Waals surface area contributed by atoms with E-state index in [1.807, 2.05) is 49.4 Å². The molecule has 1 aliphatic heterocycles. The summed E-state index contributed by atoms with van der Waals surface area (Å²) >= 11 is 0. The molecule has 0 aliphatic carbocycles. The maximum atomic E-state index is 12.6. The molecule has 3 heteroatoms. The van der Waals surface area contributed by atoms with Crippen molar-refractivity contribution in [3.05, 3.63) is 70.9 Å². The molecule has 0 atom stereocenters. The highest BCUT2D eigenvalue weighted by Gasteiger charge is 2.29. The van der Waals surface area contributed by atoms with Gasteiger partial charge in [0.25, 0.3) is 0 Å². The van der Waals surface area contributed by atoms with Crippen molar-refractivity contribution in [2.24, 2.45) is 0 Å². The van der Waals surface area contributed by atoms with E-state index in [2.05, 4.69) is 5.32 Å². The second-order valence-electron chi connectivity index (χ2n) is 5.12. The van der Waals surface area contributed by atoms with Gasteiger partial charge in [-0.25, -0.2) is 0 Å². The molecule has 2 aromatic carbocycles. The molecule has 0 amide bonds. The van der Waals surface area contributed by atoms with Crippen LogP contribution < -0.4 is 5.32 Å². The van der Waals surface area contributed by atoms with Gasteiger partial charge >= 0.3 is 0 Å². The summed E-state index contributed by atoms with van der Waals surface area (Å²) in [6.07, 6.45) is 0. The zero-order valence-electron chi connectivity index (χ0n) is 11.9. The molecule has 0 bridgehead atoms. The number of anilines is 1. The molecule has 2 aromatic rings. The van der Waals surface area contributed by atoms with E-state index in [-0.39, 0.29) is 19.0 Å². The van der Waals surface area contributed by atoms with E-state index in [1.165, 1.54) is 6.92 Å². The number of ketones is 2. The van der Waals surface area contributed by atoms with Crippen LogP contribution in [0.3, 0.4) is 0 Å². The van der Waals surface area contributed by atoms with Crippen LogP contribution in [-0.2, 0) is 4.79 Å². The van der Waals surface area contributed by atoms with Crippen molar-refractivity contribution in [3.8, 4) is 0 Å². The quantitative estimate of drug-likeness (QED) is 0.842. The Kier molecular flexibility index (Phi) is 4.27. The number of fused-ring (bicyclic) bond motifs is 1. The molecule has 0 radical (unpaired) electrons. The first kappa shape index (κ1) is 15.7. The maximum absolute atomic E-state index is 12.6. The number of para-hydroxylation sites is 1. The molecular formula is C19H19NO2. The van der Waals surface area contributed by atoms with E-state index in [4.69, 9.17) is 0 Å². The highest BCUT2D eigenvalue weighted by Crippen LogP contribution is 2.33. The van der Waals surface area contributed by atoms with Crippen molar-refractivity contribution >= 4 is 22.8 Å². The minimum atomic E-state index is -0.126. The molecule has 0 spiro atoms. The summed E-state index contributed by atoms with van der Waals surface area (Å²) in [4.78, 5) is 24.7.